The summed E-state index contributed by atoms with van der Waals surface area (Å²) in [6, 6.07) is 9.98. The third-order valence-corrected chi connectivity index (χ3v) is 6.44. The number of pyridine rings is 1. The van der Waals surface area contributed by atoms with E-state index < -0.39 is 11.3 Å². The number of ether oxygens (including phenoxy) is 2. The SMILES string of the molecule is C=N/C(=C\N1COCC(NCc2ccc(N3CCN(c4ccc(OC(F)(F)F)cc4)C(C)C3)nc2)C1)[N+](=O)[O-]. The first-order chi connectivity index (χ1) is 18.6. The molecule has 3 heterocycles. The van der Waals surface area contributed by atoms with Gasteiger partial charge >= 0.3 is 12.2 Å². The van der Waals surface area contributed by atoms with Crippen molar-refractivity contribution >= 4 is 18.2 Å². The molecule has 2 aromatic rings. The molecule has 2 unspecified atom stereocenters. The highest BCUT2D eigenvalue weighted by atomic mass is 19.4. The van der Waals surface area contributed by atoms with E-state index >= 15 is 0 Å². The Balaban J connectivity index is 1.27. The number of benzene rings is 1. The number of aliphatic imine (C=N–C) groups is 1. The maximum Gasteiger partial charge on any atom is 0.573 e. The number of hydrogen-bond acceptors (Lipinski definition) is 10. The van der Waals surface area contributed by atoms with Gasteiger partial charge in [-0.3, -0.25) is 0 Å². The Morgan fingerprint density at radius 3 is 2.67 bits per heavy atom. The van der Waals surface area contributed by atoms with Gasteiger partial charge in [0.2, 0.25) is 0 Å². The van der Waals surface area contributed by atoms with Crippen LogP contribution in [-0.2, 0) is 11.3 Å². The van der Waals surface area contributed by atoms with Crippen molar-refractivity contribution in [3.63, 3.8) is 0 Å². The average Bonchev–Trinajstić information content (AvgIpc) is 2.90. The summed E-state index contributed by atoms with van der Waals surface area (Å²) in [4.78, 5) is 24.4. The lowest BCUT2D eigenvalue weighted by Crippen LogP contribution is -2.52. The second kappa shape index (κ2) is 12.3. The molecule has 0 aliphatic carbocycles. The van der Waals surface area contributed by atoms with Gasteiger partial charge in [-0.05, 0) is 47.7 Å². The summed E-state index contributed by atoms with van der Waals surface area (Å²) in [5, 5.41) is 14.3. The van der Waals surface area contributed by atoms with Gasteiger partial charge in [0.25, 0.3) is 0 Å². The normalized spacial score (nSPS) is 20.6. The highest BCUT2D eigenvalue weighted by molar-refractivity contribution is 5.52. The summed E-state index contributed by atoms with van der Waals surface area (Å²) in [6.07, 6.45) is -1.57. The quantitative estimate of drug-likeness (QED) is 0.287. The van der Waals surface area contributed by atoms with Crippen LogP contribution >= 0.6 is 0 Å². The van der Waals surface area contributed by atoms with E-state index in [0.29, 0.717) is 39.3 Å². The van der Waals surface area contributed by atoms with Gasteiger partial charge in [0.05, 0.1) is 6.61 Å². The number of nitro groups is 1. The van der Waals surface area contributed by atoms with Crippen LogP contribution in [0.3, 0.4) is 0 Å². The predicted molar refractivity (Wildman–Crippen MR) is 139 cm³/mol. The summed E-state index contributed by atoms with van der Waals surface area (Å²) >= 11 is 0. The molecule has 39 heavy (non-hydrogen) atoms. The molecule has 4 rings (SSSR count). The van der Waals surface area contributed by atoms with E-state index in [4.69, 9.17) is 4.74 Å². The van der Waals surface area contributed by atoms with Crippen LogP contribution in [-0.4, -0.2) is 79.5 Å². The van der Waals surface area contributed by atoms with Gasteiger partial charge in [-0.25, -0.2) is 4.98 Å². The number of alkyl halides is 3. The summed E-state index contributed by atoms with van der Waals surface area (Å²) in [6.45, 7) is 9.20. The van der Waals surface area contributed by atoms with Gasteiger partial charge in [-0.2, -0.15) is 0 Å². The molecule has 2 saturated heterocycles. The monoisotopic (exact) mass is 549 g/mol. The fourth-order valence-corrected chi connectivity index (χ4v) is 4.58. The van der Waals surface area contributed by atoms with Crippen molar-refractivity contribution in [2.45, 2.75) is 31.9 Å². The van der Waals surface area contributed by atoms with E-state index in [0.717, 1.165) is 17.1 Å². The van der Waals surface area contributed by atoms with E-state index in [1.54, 1.807) is 17.0 Å². The third kappa shape index (κ3) is 7.80. The molecule has 0 amide bonds. The van der Waals surface area contributed by atoms with Crippen LogP contribution in [0, 0.1) is 10.1 Å². The number of hydrogen-bond donors (Lipinski definition) is 1. The van der Waals surface area contributed by atoms with Crippen molar-refractivity contribution in [3.05, 3.63) is 70.3 Å². The fourth-order valence-electron chi connectivity index (χ4n) is 4.58. The molecule has 0 radical (unpaired) electrons. The molecule has 1 aromatic heterocycles. The third-order valence-electron chi connectivity index (χ3n) is 6.44. The molecular formula is C25H30F3N7O4. The van der Waals surface area contributed by atoms with Gasteiger partial charge in [0.1, 0.15) is 31.2 Å². The molecule has 1 aromatic carbocycles. The van der Waals surface area contributed by atoms with Crippen molar-refractivity contribution in [2.75, 3.05) is 49.3 Å². The lowest BCUT2D eigenvalue weighted by atomic mass is 10.1. The summed E-state index contributed by atoms with van der Waals surface area (Å²) in [5.74, 6) is 0.277. The smallest absolute Gasteiger partial charge is 0.406 e. The summed E-state index contributed by atoms with van der Waals surface area (Å²) in [5.41, 5.74) is 1.82. The van der Waals surface area contributed by atoms with E-state index in [1.807, 2.05) is 18.3 Å². The minimum Gasteiger partial charge on any atom is -0.406 e. The van der Waals surface area contributed by atoms with Crippen molar-refractivity contribution in [3.8, 4) is 5.75 Å². The molecular weight excluding hydrogens is 519 g/mol. The molecule has 1 N–H and O–H groups in total. The zero-order chi connectivity index (χ0) is 28.0. The number of piperazine rings is 1. The van der Waals surface area contributed by atoms with Crippen molar-refractivity contribution in [1.82, 2.24) is 15.2 Å². The fraction of sp³-hybridized carbons (Fsp3) is 0.440. The minimum atomic E-state index is -4.71. The minimum absolute atomic E-state index is 0.0319. The number of halogens is 3. The number of rotatable bonds is 9. The van der Waals surface area contributed by atoms with Crippen LogP contribution in [0.1, 0.15) is 12.5 Å². The summed E-state index contributed by atoms with van der Waals surface area (Å²) < 4.78 is 46.8. The largest absolute Gasteiger partial charge is 0.573 e. The predicted octanol–water partition coefficient (Wildman–Crippen LogP) is 3.22. The molecule has 14 heteroatoms. The highest BCUT2D eigenvalue weighted by Crippen LogP contribution is 2.28. The van der Waals surface area contributed by atoms with Crippen molar-refractivity contribution < 1.29 is 27.6 Å². The first-order valence-electron chi connectivity index (χ1n) is 12.3. The molecule has 11 nitrogen and oxygen atoms in total. The van der Waals surface area contributed by atoms with E-state index in [2.05, 4.69) is 43.5 Å². The first-order valence-corrected chi connectivity index (χ1v) is 12.3. The number of aromatic nitrogens is 1. The van der Waals surface area contributed by atoms with Gasteiger partial charge in [0, 0.05) is 56.7 Å². The van der Waals surface area contributed by atoms with Gasteiger partial charge < -0.3 is 39.6 Å². The van der Waals surface area contributed by atoms with Crippen LogP contribution in [0.5, 0.6) is 5.75 Å². The van der Waals surface area contributed by atoms with Crippen LogP contribution < -0.4 is 19.9 Å². The summed E-state index contributed by atoms with van der Waals surface area (Å²) in [7, 11) is 0. The second-order valence-electron chi connectivity index (χ2n) is 9.31. The van der Waals surface area contributed by atoms with E-state index in [9.17, 15) is 23.3 Å². The van der Waals surface area contributed by atoms with E-state index in [1.165, 1.54) is 18.3 Å². The van der Waals surface area contributed by atoms with Crippen LogP contribution in [0.25, 0.3) is 0 Å². The van der Waals surface area contributed by atoms with Gasteiger partial charge in [-0.1, -0.05) is 11.1 Å². The second-order valence-corrected chi connectivity index (χ2v) is 9.31. The Labute approximate surface area is 223 Å². The zero-order valence-corrected chi connectivity index (χ0v) is 21.4. The Morgan fingerprint density at radius 1 is 1.28 bits per heavy atom. The molecule has 2 fully saturated rings. The van der Waals surface area contributed by atoms with Gasteiger partial charge in [0.15, 0.2) is 0 Å². The van der Waals surface area contributed by atoms with Crippen molar-refractivity contribution in [1.29, 1.82) is 0 Å². The average molecular weight is 550 g/mol. The van der Waals surface area contributed by atoms with Crippen molar-refractivity contribution in [2.24, 2.45) is 4.99 Å². The number of nitrogens with one attached hydrogen (secondary N) is 1. The standard InChI is InChI=1S/C25H30F3N7O4/c1-18-13-33(9-10-34(18)21-4-6-22(7-5-21)39-25(26,27)28)23-8-3-19(12-31-23)11-30-20-14-32(17-38-16-20)15-24(29-2)35(36)37/h3-8,12,15,18,20,30H,2,9-11,13-14,16-17H2,1H3/b24-15+. The Kier molecular flexibility index (Phi) is 8.86. The Hall–Kier alpha value is -3.91. The molecule has 210 valence electrons. The number of nitrogens with zero attached hydrogens (tertiary/aromatic N) is 6. The molecule has 0 bridgehead atoms. The molecule has 2 atom stereocenters. The topological polar surface area (TPSA) is 109 Å². The Morgan fingerprint density at radius 2 is 2.05 bits per heavy atom. The highest BCUT2D eigenvalue weighted by Gasteiger charge is 2.31. The molecule has 0 saturated carbocycles. The zero-order valence-electron chi connectivity index (χ0n) is 21.4. The van der Waals surface area contributed by atoms with Crippen LogP contribution in [0.15, 0.2) is 59.6 Å². The van der Waals surface area contributed by atoms with Crippen LogP contribution in [0.4, 0.5) is 24.7 Å². The lowest BCUT2D eigenvalue weighted by Gasteiger charge is -2.41. The lowest BCUT2D eigenvalue weighted by molar-refractivity contribution is -0.427. The first kappa shape index (κ1) is 28.1. The number of anilines is 2. The molecule has 2 aliphatic heterocycles. The molecule has 2 aliphatic rings. The van der Waals surface area contributed by atoms with Crippen LogP contribution in [0.2, 0.25) is 0 Å². The maximum atomic E-state index is 12.4. The van der Waals surface area contributed by atoms with E-state index in [-0.39, 0.29) is 30.4 Å². The molecule has 0 spiro atoms. The Bertz CT molecular complexity index is 1160. The van der Waals surface area contributed by atoms with Gasteiger partial charge in [-0.15, -0.1) is 13.2 Å². The maximum absolute atomic E-state index is 12.4.